The van der Waals surface area contributed by atoms with Gasteiger partial charge >= 0.3 is 0 Å². The maximum absolute atomic E-state index is 13.6. The summed E-state index contributed by atoms with van der Waals surface area (Å²) >= 11 is 0. The first-order chi connectivity index (χ1) is 15.5. The van der Waals surface area contributed by atoms with Crippen molar-refractivity contribution in [3.63, 3.8) is 0 Å². The molecule has 1 aromatic heterocycles. The van der Waals surface area contributed by atoms with E-state index in [0.29, 0.717) is 26.2 Å². The summed E-state index contributed by atoms with van der Waals surface area (Å²) < 4.78 is 12.6. The fourth-order valence-corrected chi connectivity index (χ4v) is 6.94. The Kier molecular flexibility index (Phi) is 3.68. The normalized spacial score (nSPS) is 34.5. The molecule has 4 atom stereocenters. The minimum absolute atomic E-state index is 0.0296. The summed E-state index contributed by atoms with van der Waals surface area (Å²) in [6, 6.07) is 8.43. The third-order valence-corrected chi connectivity index (χ3v) is 8.46. The average molecular weight is 434 g/mol. The molecule has 7 heteroatoms. The third-order valence-electron chi connectivity index (χ3n) is 8.46. The van der Waals surface area contributed by atoms with Crippen LogP contribution in [0.5, 0.6) is 0 Å². The number of likely N-dealkylation sites (N-methyl/N-ethyl adjacent to an activating group) is 1. The second kappa shape index (κ2) is 6.23. The van der Waals surface area contributed by atoms with Crippen molar-refractivity contribution in [2.75, 3.05) is 33.3 Å². The van der Waals surface area contributed by atoms with Crippen LogP contribution in [-0.2, 0) is 31.1 Å². The molecule has 2 aromatic rings. The largest absolute Gasteiger partial charge is 0.368 e. The van der Waals surface area contributed by atoms with Gasteiger partial charge in [0.25, 0.3) is 0 Å². The van der Waals surface area contributed by atoms with E-state index in [-0.39, 0.29) is 23.5 Å². The highest BCUT2D eigenvalue weighted by Crippen LogP contribution is 2.52. The summed E-state index contributed by atoms with van der Waals surface area (Å²) in [5, 5.41) is 1.28. The number of nitrogens with one attached hydrogen (secondary N) is 1. The molecule has 7 nitrogen and oxygen atoms in total. The number of rotatable bonds is 1. The van der Waals surface area contributed by atoms with E-state index >= 15 is 0 Å². The Hall–Kier alpha value is -2.64. The number of benzene rings is 1. The minimum atomic E-state index is -0.612. The lowest BCUT2D eigenvalue weighted by molar-refractivity contribution is -0.149. The minimum Gasteiger partial charge on any atom is -0.368 e. The van der Waals surface area contributed by atoms with E-state index in [2.05, 4.69) is 29.2 Å². The molecule has 1 aromatic carbocycles. The number of aromatic amines is 1. The van der Waals surface area contributed by atoms with Gasteiger partial charge in [-0.1, -0.05) is 30.4 Å². The molecule has 1 N–H and O–H groups in total. The molecule has 166 valence electrons. The summed E-state index contributed by atoms with van der Waals surface area (Å²) in [5.74, 6) is -0.723. The fourth-order valence-electron chi connectivity index (χ4n) is 6.94. The molecule has 0 aliphatic carbocycles. The fraction of sp³-hybridized carbons (Fsp3) is 0.520. The monoisotopic (exact) mass is 433 g/mol. The van der Waals surface area contributed by atoms with Crippen LogP contribution in [0.2, 0.25) is 0 Å². The lowest BCUT2D eigenvalue weighted by Gasteiger charge is -2.44. The van der Waals surface area contributed by atoms with E-state index in [1.54, 1.807) is 11.9 Å². The maximum atomic E-state index is 13.6. The van der Waals surface area contributed by atoms with Gasteiger partial charge in [0.1, 0.15) is 11.2 Å². The van der Waals surface area contributed by atoms with Crippen LogP contribution in [0, 0.1) is 11.8 Å². The number of aromatic nitrogens is 1. The Morgan fingerprint density at radius 3 is 2.88 bits per heavy atom. The maximum Gasteiger partial charge on any atom is 0.229 e. The Balaban J connectivity index is 1.15. The highest BCUT2D eigenvalue weighted by atomic mass is 16.5. The van der Waals surface area contributed by atoms with Crippen molar-refractivity contribution in [3.8, 4) is 0 Å². The van der Waals surface area contributed by atoms with Gasteiger partial charge in [-0.25, -0.2) is 0 Å². The van der Waals surface area contributed by atoms with E-state index in [4.69, 9.17) is 9.47 Å². The van der Waals surface area contributed by atoms with Gasteiger partial charge in [0.2, 0.25) is 11.8 Å². The summed E-state index contributed by atoms with van der Waals surface area (Å²) in [7, 11) is 1.80. The summed E-state index contributed by atoms with van der Waals surface area (Å²) in [5.41, 5.74) is 2.73. The van der Waals surface area contributed by atoms with Crippen LogP contribution in [0.1, 0.15) is 24.1 Å². The first-order valence-electron chi connectivity index (χ1n) is 11.7. The predicted octanol–water partition coefficient (Wildman–Crippen LogP) is 1.97. The van der Waals surface area contributed by atoms with Crippen molar-refractivity contribution >= 4 is 22.7 Å². The molecule has 3 fully saturated rings. The number of nitrogens with zero attached hydrogens (tertiary/aromatic N) is 2. The number of fused-ring (bicyclic) bond motifs is 5. The standard InChI is InChI=1S/C25H27N3O4/c1-27-14-25-8-6-18(32-25)19(20(25)23(27)30)22(29)28-11-9-24(10-12-28)21-16(7-13-31-24)15-4-2-3-5-17(15)26-21/h2-6,8,18-20,26H,7,9-14H2,1H3/t18-,19-,20+,25-/m0/s1. The highest BCUT2D eigenvalue weighted by Gasteiger charge is 2.66. The van der Waals surface area contributed by atoms with Gasteiger partial charge in [0, 0.05) is 31.0 Å². The van der Waals surface area contributed by atoms with Crippen molar-refractivity contribution in [2.24, 2.45) is 11.8 Å². The molecule has 5 aliphatic heterocycles. The molecule has 6 heterocycles. The highest BCUT2D eigenvalue weighted by molar-refractivity contribution is 5.93. The molecule has 3 saturated heterocycles. The molecule has 2 spiro atoms. The van der Waals surface area contributed by atoms with E-state index in [1.807, 2.05) is 17.1 Å². The first-order valence-corrected chi connectivity index (χ1v) is 11.7. The number of carbonyl (C=O) groups excluding carboxylic acids is 2. The van der Waals surface area contributed by atoms with Gasteiger partial charge < -0.3 is 24.3 Å². The molecule has 2 bridgehead atoms. The van der Waals surface area contributed by atoms with Gasteiger partial charge in [-0.15, -0.1) is 0 Å². The number of hydrogen-bond acceptors (Lipinski definition) is 4. The number of para-hydroxylation sites is 1. The quantitative estimate of drug-likeness (QED) is 0.698. The molecular weight excluding hydrogens is 406 g/mol. The number of amides is 2. The number of H-pyrrole nitrogens is 1. The Labute approximate surface area is 186 Å². The van der Waals surface area contributed by atoms with Crippen LogP contribution >= 0.6 is 0 Å². The summed E-state index contributed by atoms with van der Waals surface area (Å²) in [6.45, 7) is 2.50. The Bertz CT molecular complexity index is 1180. The molecule has 0 saturated carbocycles. The predicted molar refractivity (Wildman–Crippen MR) is 117 cm³/mol. The molecular formula is C25H27N3O4. The number of likely N-dealkylation sites (tertiary alicyclic amines) is 2. The SMILES string of the molecule is CN1C[C@]23C=C[C@H](O2)[C@H](C(=O)N2CCC4(CC2)OCCc2c4[nH]c4ccccc24)[C@@H]3C1=O. The van der Waals surface area contributed by atoms with Crippen LogP contribution in [0.4, 0.5) is 0 Å². The number of carbonyl (C=O) groups is 2. The van der Waals surface area contributed by atoms with Gasteiger partial charge in [-0.2, -0.15) is 0 Å². The summed E-state index contributed by atoms with van der Waals surface area (Å²) in [4.78, 5) is 33.8. The van der Waals surface area contributed by atoms with Gasteiger partial charge in [0.15, 0.2) is 0 Å². The van der Waals surface area contributed by atoms with Gasteiger partial charge in [-0.3, -0.25) is 9.59 Å². The van der Waals surface area contributed by atoms with E-state index in [9.17, 15) is 9.59 Å². The van der Waals surface area contributed by atoms with Crippen LogP contribution in [-0.4, -0.2) is 71.6 Å². The van der Waals surface area contributed by atoms with Crippen molar-refractivity contribution < 1.29 is 19.1 Å². The molecule has 0 unspecified atom stereocenters. The topological polar surface area (TPSA) is 74.9 Å². The lowest BCUT2D eigenvalue weighted by atomic mass is 9.76. The summed E-state index contributed by atoms with van der Waals surface area (Å²) in [6.07, 6.45) is 6.14. The van der Waals surface area contributed by atoms with Crippen LogP contribution in [0.15, 0.2) is 36.4 Å². The number of hydrogen-bond donors (Lipinski definition) is 1. The van der Waals surface area contributed by atoms with E-state index in [1.165, 1.54) is 16.6 Å². The lowest BCUT2D eigenvalue weighted by Crippen LogP contribution is -2.52. The molecule has 7 rings (SSSR count). The Morgan fingerprint density at radius 1 is 1.22 bits per heavy atom. The molecule has 2 amide bonds. The average Bonchev–Trinajstić information content (AvgIpc) is 3.53. The van der Waals surface area contributed by atoms with Crippen LogP contribution < -0.4 is 0 Å². The van der Waals surface area contributed by atoms with Crippen LogP contribution in [0.3, 0.4) is 0 Å². The van der Waals surface area contributed by atoms with Crippen LogP contribution in [0.25, 0.3) is 10.9 Å². The second-order valence-electron chi connectivity index (χ2n) is 10.0. The number of ether oxygens (including phenoxy) is 2. The second-order valence-corrected chi connectivity index (χ2v) is 10.0. The van der Waals surface area contributed by atoms with E-state index < -0.39 is 17.4 Å². The Morgan fingerprint density at radius 2 is 2.03 bits per heavy atom. The zero-order chi connectivity index (χ0) is 21.7. The first kappa shape index (κ1) is 18.9. The molecule has 5 aliphatic rings. The van der Waals surface area contributed by atoms with E-state index in [0.717, 1.165) is 24.8 Å². The smallest absolute Gasteiger partial charge is 0.229 e. The third kappa shape index (κ3) is 2.28. The molecule has 32 heavy (non-hydrogen) atoms. The zero-order valence-corrected chi connectivity index (χ0v) is 18.2. The van der Waals surface area contributed by atoms with Gasteiger partial charge in [0.05, 0.1) is 36.8 Å². The van der Waals surface area contributed by atoms with Crippen molar-refractivity contribution in [1.82, 2.24) is 14.8 Å². The zero-order valence-electron chi connectivity index (χ0n) is 18.2. The van der Waals surface area contributed by atoms with Crippen molar-refractivity contribution in [2.45, 2.75) is 36.6 Å². The number of piperidine rings is 1. The van der Waals surface area contributed by atoms with Crippen molar-refractivity contribution in [3.05, 3.63) is 47.7 Å². The van der Waals surface area contributed by atoms with Gasteiger partial charge in [-0.05, 0) is 30.9 Å². The molecule has 0 radical (unpaired) electrons. The van der Waals surface area contributed by atoms with Crippen molar-refractivity contribution in [1.29, 1.82) is 0 Å².